The van der Waals surface area contributed by atoms with E-state index < -0.39 is 0 Å². The topological polar surface area (TPSA) is 8.81 Å². The van der Waals surface area contributed by atoms with Crippen LogP contribution in [-0.2, 0) is 20.0 Å². The normalized spacial score (nSPS) is 10.6. The summed E-state index contributed by atoms with van der Waals surface area (Å²) in [6.45, 7) is 5.72. The summed E-state index contributed by atoms with van der Waals surface area (Å²) in [4.78, 5) is 0. The van der Waals surface area contributed by atoms with E-state index in [2.05, 4.69) is 42.4 Å². The fraction of sp³-hybridized carbons (Fsp3) is 0.833. The smallest absolute Gasteiger partial charge is 0.255 e. The first-order valence-electron chi connectivity index (χ1n) is 8.83. The van der Waals surface area contributed by atoms with Crippen LogP contribution < -0.4 is 21.5 Å². The number of nitrogens with zero attached hydrogens (tertiary/aromatic N) is 2. The van der Waals surface area contributed by atoms with Crippen molar-refractivity contribution in [2.24, 2.45) is 7.05 Å². The first-order valence-corrected chi connectivity index (χ1v) is 8.83. The molecule has 0 N–H and O–H groups in total. The molecule has 0 fully saturated rings. The van der Waals surface area contributed by atoms with Gasteiger partial charge in [-0.3, -0.25) is 0 Å². The minimum Gasteiger partial charge on any atom is -1.00 e. The zero-order chi connectivity index (χ0) is 14.6. The first kappa shape index (κ1) is 20.7. The van der Waals surface area contributed by atoms with Crippen LogP contribution in [0.3, 0.4) is 0 Å². The molecule has 1 rings (SSSR count). The Kier molecular flexibility index (Phi) is 13.2. The van der Waals surface area contributed by atoms with Gasteiger partial charge in [0.1, 0.15) is 12.4 Å². The maximum Gasteiger partial charge on any atom is 0.255 e. The third-order valence-corrected chi connectivity index (χ3v) is 4.28. The Balaban J connectivity index is 0.00000400. The number of rotatable bonds is 12. The largest absolute Gasteiger partial charge is 1.00 e. The molecular formula is C18H35BrN2. The van der Waals surface area contributed by atoms with Gasteiger partial charge in [0.05, 0.1) is 13.6 Å². The lowest BCUT2D eigenvalue weighted by Crippen LogP contribution is -3.00. The summed E-state index contributed by atoms with van der Waals surface area (Å²) in [7, 11) is 2.15. The molecule has 0 bridgehead atoms. The second-order valence-electron chi connectivity index (χ2n) is 6.05. The van der Waals surface area contributed by atoms with Crippen molar-refractivity contribution in [3.05, 3.63) is 18.2 Å². The highest BCUT2D eigenvalue weighted by Crippen LogP contribution is 2.11. The van der Waals surface area contributed by atoms with Gasteiger partial charge in [-0.05, 0) is 12.8 Å². The number of halogens is 1. The molecule has 0 unspecified atom stereocenters. The molecule has 0 saturated carbocycles. The molecule has 0 aliphatic rings. The molecule has 21 heavy (non-hydrogen) atoms. The second kappa shape index (κ2) is 13.4. The summed E-state index contributed by atoms with van der Waals surface area (Å²) in [6.07, 6.45) is 19.7. The van der Waals surface area contributed by atoms with Gasteiger partial charge < -0.3 is 17.0 Å². The molecule has 1 aromatic rings. The molecule has 1 aromatic heterocycles. The van der Waals surface area contributed by atoms with Crippen molar-refractivity contribution in [2.75, 3.05) is 0 Å². The van der Waals surface area contributed by atoms with Crippen molar-refractivity contribution < 1.29 is 21.5 Å². The van der Waals surface area contributed by atoms with E-state index >= 15 is 0 Å². The molecule has 0 aromatic carbocycles. The van der Waals surface area contributed by atoms with E-state index in [1.807, 2.05) is 0 Å². The Morgan fingerprint density at radius 2 is 1.38 bits per heavy atom. The van der Waals surface area contributed by atoms with Crippen molar-refractivity contribution in [3.8, 4) is 0 Å². The van der Waals surface area contributed by atoms with E-state index in [1.54, 1.807) is 0 Å². The highest BCUT2D eigenvalue weighted by atomic mass is 79.9. The molecule has 0 radical (unpaired) electrons. The van der Waals surface area contributed by atoms with Gasteiger partial charge in [-0.1, -0.05) is 65.2 Å². The van der Waals surface area contributed by atoms with E-state index in [4.69, 9.17) is 0 Å². The number of hydrogen-bond donors (Lipinski definition) is 0. The minimum absolute atomic E-state index is 0. The fourth-order valence-corrected chi connectivity index (χ4v) is 2.98. The molecule has 0 spiro atoms. The van der Waals surface area contributed by atoms with Crippen LogP contribution in [0.2, 0.25) is 0 Å². The Morgan fingerprint density at radius 1 is 0.857 bits per heavy atom. The highest BCUT2D eigenvalue weighted by Gasteiger charge is 2.10. The van der Waals surface area contributed by atoms with Crippen LogP contribution in [0.15, 0.2) is 12.4 Å². The lowest BCUT2D eigenvalue weighted by atomic mass is 10.1. The summed E-state index contributed by atoms with van der Waals surface area (Å²) in [6, 6.07) is 0. The van der Waals surface area contributed by atoms with Gasteiger partial charge >= 0.3 is 0 Å². The van der Waals surface area contributed by atoms with Gasteiger partial charge in [0, 0.05) is 6.42 Å². The molecular weight excluding hydrogens is 324 g/mol. The molecule has 0 aliphatic heterocycles. The number of unbranched alkanes of at least 4 members (excludes halogenated alkanes) is 9. The highest BCUT2D eigenvalue weighted by molar-refractivity contribution is 4.82. The fourth-order valence-electron chi connectivity index (χ4n) is 2.98. The zero-order valence-electron chi connectivity index (χ0n) is 14.4. The van der Waals surface area contributed by atoms with Crippen LogP contribution in [0.5, 0.6) is 0 Å². The Bertz CT molecular complexity index is 347. The number of hydrogen-bond acceptors (Lipinski definition) is 0. The SMILES string of the molecule is CCCCCCCCCCCCn1cc[n+](C)c1CC.[Br-]. The van der Waals surface area contributed by atoms with Crippen molar-refractivity contribution in [1.82, 2.24) is 4.57 Å². The summed E-state index contributed by atoms with van der Waals surface area (Å²) in [5, 5.41) is 0. The summed E-state index contributed by atoms with van der Waals surface area (Å²) in [5.41, 5.74) is 0. The van der Waals surface area contributed by atoms with Crippen LogP contribution in [-0.4, -0.2) is 4.57 Å². The predicted octanol–water partition coefficient (Wildman–Crippen LogP) is 1.80. The molecule has 2 nitrogen and oxygen atoms in total. The molecule has 0 saturated heterocycles. The van der Waals surface area contributed by atoms with Crippen LogP contribution in [0.25, 0.3) is 0 Å². The monoisotopic (exact) mass is 358 g/mol. The van der Waals surface area contributed by atoms with E-state index in [-0.39, 0.29) is 17.0 Å². The van der Waals surface area contributed by atoms with Gasteiger partial charge in [0.2, 0.25) is 0 Å². The van der Waals surface area contributed by atoms with Crippen LogP contribution in [0, 0.1) is 0 Å². The van der Waals surface area contributed by atoms with E-state index in [0.29, 0.717) is 0 Å². The van der Waals surface area contributed by atoms with Gasteiger partial charge in [-0.15, -0.1) is 0 Å². The van der Waals surface area contributed by atoms with Crippen LogP contribution >= 0.6 is 0 Å². The Morgan fingerprint density at radius 3 is 1.90 bits per heavy atom. The van der Waals surface area contributed by atoms with Gasteiger partial charge in [-0.2, -0.15) is 0 Å². The quantitative estimate of drug-likeness (QED) is 0.398. The average molecular weight is 359 g/mol. The standard InChI is InChI=1S/C18H35N2.BrH/c1-4-6-7-8-9-10-11-12-13-14-15-20-17-16-19(3)18(20)5-2;/h16-17H,4-15H2,1-3H3;1H/q+1;/p-1. The minimum atomic E-state index is 0. The molecule has 0 atom stereocenters. The third kappa shape index (κ3) is 8.65. The zero-order valence-corrected chi connectivity index (χ0v) is 16.0. The molecule has 0 amide bonds. The number of imidazole rings is 1. The Hall–Kier alpha value is -0.310. The lowest BCUT2D eigenvalue weighted by molar-refractivity contribution is -0.678. The van der Waals surface area contributed by atoms with Crippen molar-refractivity contribution in [2.45, 2.75) is 91.0 Å². The maximum absolute atomic E-state index is 2.42. The van der Waals surface area contributed by atoms with Crippen LogP contribution in [0.1, 0.15) is 83.9 Å². The van der Waals surface area contributed by atoms with E-state index in [9.17, 15) is 0 Å². The average Bonchev–Trinajstić information content (AvgIpc) is 2.81. The summed E-state index contributed by atoms with van der Waals surface area (Å²) >= 11 is 0. The molecule has 3 heteroatoms. The predicted molar refractivity (Wildman–Crippen MR) is 86.8 cm³/mol. The van der Waals surface area contributed by atoms with E-state index in [1.165, 1.54) is 76.6 Å². The third-order valence-electron chi connectivity index (χ3n) is 4.28. The van der Waals surface area contributed by atoms with Crippen molar-refractivity contribution >= 4 is 0 Å². The molecule has 0 aliphatic carbocycles. The number of aryl methyl sites for hydroxylation is 2. The maximum atomic E-state index is 2.42. The molecule has 1 heterocycles. The van der Waals surface area contributed by atoms with Crippen molar-refractivity contribution in [3.63, 3.8) is 0 Å². The summed E-state index contributed by atoms with van der Waals surface area (Å²) in [5.74, 6) is 1.45. The number of aromatic nitrogens is 2. The summed E-state index contributed by atoms with van der Waals surface area (Å²) < 4.78 is 4.67. The van der Waals surface area contributed by atoms with Crippen LogP contribution in [0.4, 0.5) is 0 Å². The molecule has 124 valence electrons. The van der Waals surface area contributed by atoms with E-state index in [0.717, 1.165) is 6.42 Å². The lowest BCUT2D eigenvalue weighted by Gasteiger charge is -2.03. The Labute approximate surface area is 142 Å². The van der Waals surface area contributed by atoms with Crippen molar-refractivity contribution in [1.29, 1.82) is 0 Å². The van der Waals surface area contributed by atoms with Gasteiger partial charge in [0.15, 0.2) is 0 Å². The van der Waals surface area contributed by atoms with Gasteiger partial charge in [0.25, 0.3) is 5.82 Å². The first-order chi connectivity index (χ1) is 9.79. The van der Waals surface area contributed by atoms with Gasteiger partial charge in [-0.25, -0.2) is 9.13 Å². The second-order valence-corrected chi connectivity index (χ2v) is 6.05.